The van der Waals surface area contributed by atoms with Crippen LogP contribution in [0.25, 0.3) is 0 Å². The van der Waals surface area contributed by atoms with Crippen LogP contribution in [0.1, 0.15) is 23.7 Å². The van der Waals surface area contributed by atoms with Gasteiger partial charge in [0.2, 0.25) is 0 Å². The number of carbonyl (C=O) groups is 1. The van der Waals surface area contributed by atoms with E-state index in [2.05, 4.69) is 17.6 Å². The van der Waals surface area contributed by atoms with Gasteiger partial charge in [0.15, 0.2) is 0 Å². The van der Waals surface area contributed by atoms with E-state index in [4.69, 9.17) is 23.2 Å². The molecule has 1 amide bonds. The van der Waals surface area contributed by atoms with Crippen molar-refractivity contribution < 1.29 is 4.79 Å². The summed E-state index contributed by atoms with van der Waals surface area (Å²) in [5.74, 6) is 0.340. The summed E-state index contributed by atoms with van der Waals surface area (Å²) in [6, 6.07) is 1.77. The quantitative estimate of drug-likeness (QED) is 0.875. The molecule has 1 fully saturated rings. The second kappa shape index (κ2) is 6.96. The van der Waals surface area contributed by atoms with Gasteiger partial charge in [-0.05, 0) is 24.9 Å². The Labute approximate surface area is 127 Å². The topological polar surface area (TPSA) is 41.1 Å². The predicted octanol–water partition coefficient (Wildman–Crippen LogP) is 3.20. The zero-order chi connectivity index (χ0) is 12.4. The van der Waals surface area contributed by atoms with Gasteiger partial charge in [0.1, 0.15) is 4.34 Å². The number of carbonyl (C=O) groups excluding carboxylic acids is 1. The fraction of sp³-hybridized carbons (Fsp3) is 0.545. The summed E-state index contributed by atoms with van der Waals surface area (Å²) in [4.78, 5) is 12.0. The van der Waals surface area contributed by atoms with E-state index in [9.17, 15) is 4.79 Å². The molecule has 1 aromatic rings. The zero-order valence-electron chi connectivity index (χ0n) is 9.83. The van der Waals surface area contributed by atoms with Crippen LogP contribution < -0.4 is 10.6 Å². The molecule has 1 aliphatic rings. The number of rotatable bonds is 2. The summed E-state index contributed by atoms with van der Waals surface area (Å²) in [6.45, 7) is 3.97. The van der Waals surface area contributed by atoms with Crippen molar-refractivity contribution in [3.05, 3.63) is 20.3 Å². The molecule has 0 bridgehead atoms. The summed E-state index contributed by atoms with van der Waals surface area (Å²) in [7, 11) is 0. The van der Waals surface area contributed by atoms with Crippen LogP contribution in [0.15, 0.2) is 6.07 Å². The predicted molar refractivity (Wildman–Crippen MR) is 79.5 cm³/mol. The number of piperidine rings is 1. The molecular formula is C11H15Cl3N2OS. The molecule has 2 heterocycles. The number of amides is 1. The molecule has 102 valence electrons. The van der Waals surface area contributed by atoms with Crippen LogP contribution in [0, 0.1) is 5.92 Å². The highest BCUT2D eigenvalue weighted by Crippen LogP contribution is 2.31. The third kappa shape index (κ3) is 3.75. The first-order chi connectivity index (χ1) is 8.08. The summed E-state index contributed by atoms with van der Waals surface area (Å²) >= 11 is 13.0. The summed E-state index contributed by atoms with van der Waals surface area (Å²) in [5.41, 5.74) is 0.472. The van der Waals surface area contributed by atoms with E-state index in [0.717, 1.165) is 19.5 Å². The minimum atomic E-state index is -0.140. The highest BCUT2D eigenvalue weighted by atomic mass is 35.5. The van der Waals surface area contributed by atoms with Crippen LogP contribution in [-0.2, 0) is 0 Å². The number of nitrogens with one attached hydrogen (secondary N) is 2. The Morgan fingerprint density at radius 1 is 1.56 bits per heavy atom. The minimum Gasteiger partial charge on any atom is -0.348 e. The maximum atomic E-state index is 12.0. The first-order valence-electron chi connectivity index (χ1n) is 5.54. The maximum absolute atomic E-state index is 12.0. The maximum Gasteiger partial charge on any atom is 0.253 e. The average molecular weight is 330 g/mol. The van der Waals surface area contributed by atoms with Gasteiger partial charge in [0.05, 0.1) is 9.90 Å². The molecule has 0 spiro atoms. The molecule has 0 aliphatic carbocycles. The molecule has 1 aliphatic heterocycles. The van der Waals surface area contributed by atoms with Crippen molar-refractivity contribution in [2.24, 2.45) is 5.92 Å². The van der Waals surface area contributed by atoms with Crippen LogP contribution in [0.2, 0.25) is 8.67 Å². The molecule has 2 atom stereocenters. The van der Waals surface area contributed by atoms with Gasteiger partial charge in [-0.25, -0.2) is 0 Å². The molecule has 1 aromatic heterocycles. The lowest BCUT2D eigenvalue weighted by Crippen LogP contribution is -2.50. The first-order valence-corrected chi connectivity index (χ1v) is 7.11. The fourth-order valence-electron chi connectivity index (χ4n) is 1.92. The van der Waals surface area contributed by atoms with Crippen LogP contribution >= 0.6 is 46.9 Å². The Hall–Kier alpha value is -0.000000000000000222. The molecule has 2 rings (SSSR count). The van der Waals surface area contributed by atoms with Gasteiger partial charge < -0.3 is 10.6 Å². The van der Waals surface area contributed by atoms with E-state index in [0.29, 0.717) is 20.2 Å². The Morgan fingerprint density at radius 2 is 2.28 bits per heavy atom. The normalized spacial score (nSPS) is 23.3. The molecule has 2 unspecified atom stereocenters. The van der Waals surface area contributed by atoms with Gasteiger partial charge in [-0.1, -0.05) is 30.1 Å². The lowest BCUT2D eigenvalue weighted by atomic mass is 9.94. The van der Waals surface area contributed by atoms with Crippen LogP contribution in [-0.4, -0.2) is 25.0 Å². The standard InChI is InChI=1S/C11H14Cl2N2OS.ClH/c1-6-2-3-14-5-8(6)15-11(16)7-4-9(12)17-10(7)13;/h4,6,8,14H,2-3,5H2,1H3,(H,15,16);1H. The lowest BCUT2D eigenvalue weighted by molar-refractivity contribution is 0.0916. The second-order valence-electron chi connectivity index (χ2n) is 4.29. The van der Waals surface area contributed by atoms with Crippen molar-refractivity contribution in [1.29, 1.82) is 0 Å². The van der Waals surface area contributed by atoms with Crippen molar-refractivity contribution in [2.45, 2.75) is 19.4 Å². The molecule has 3 nitrogen and oxygen atoms in total. The Bertz CT molecular complexity index is 424. The monoisotopic (exact) mass is 328 g/mol. The molecule has 2 N–H and O–H groups in total. The first kappa shape index (κ1) is 16.1. The number of thiophene rings is 1. The molecular weight excluding hydrogens is 315 g/mol. The van der Waals surface area contributed by atoms with Crippen LogP contribution in [0.5, 0.6) is 0 Å². The largest absolute Gasteiger partial charge is 0.348 e. The van der Waals surface area contributed by atoms with Gasteiger partial charge in [-0.15, -0.1) is 23.7 Å². The number of hydrogen-bond acceptors (Lipinski definition) is 3. The average Bonchev–Trinajstić information content (AvgIpc) is 2.61. The minimum absolute atomic E-state index is 0. The summed E-state index contributed by atoms with van der Waals surface area (Å²) < 4.78 is 0.985. The highest BCUT2D eigenvalue weighted by Gasteiger charge is 2.24. The summed E-state index contributed by atoms with van der Waals surface area (Å²) in [5, 5.41) is 6.27. The smallest absolute Gasteiger partial charge is 0.253 e. The van der Waals surface area contributed by atoms with Crippen molar-refractivity contribution in [1.82, 2.24) is 10.6 Å². The van der Waals surface area contributed by atoms with Crippen molar-refractivity contribution >= 4 is 52.9 Å². The Balaban J connectivity index is 0.00000162. The fourth-order valence-corrected chi connectivity index (χ4v) is 3.38. The Morgan fingerprint density at radius 3 is 2.83 bits per heavy atom. The van der Waals surface area contributed by atoms with Crippen LogP contribution in [0.4, 0.5) is 0 Å². The van der Waals surface area contributed by atoms with Crippen molar-refractivity contribution in [3.63, 3.8) is 0 Å². The third-order valence-corrected chi connectivity index (χ3v) is 4.53. The molecule has 0 aromatic carbocycles. The zero-order valence-corrected chi connectivity index (χ0v) is 13.0. The lowest BCUT2D eigenvalue weighted by Gasteiger charge is -2.30. The Kier molecular flexibility index (Phi) is 6.21. The summed E-state index contributed by atoms with van der Waals surface area (Å²) in [6.07, 6.45) is 1.07. The van der Waals surface area contributed by atoms with E-state index >= 15 is 0 Å². The van der Waals surface area contributed by atoms with Gasteiger partial charge in [0, 0.05) is 12.6 Å². The molecule has 0 radical (unpaired) electrons. The van der Waals surface area contributed by atoms with Crippen molar-refractivity contribution in [3.8, 4) is 0 Å². The number of halogens is 3. The van der Waals surface area contributed by atoms with Gasteiger partial charge in [0.25, 0.3) is 5.91 Å². The molecule has 18 heavy (non-hydrogen) atoms. The van der Waals surface area contributed by atoms with E-state index in [1.807, 2.05) is 0 Å². The van der Waals surface area contributed by atoms with E-state index < -0.39 is 0 Å². The SMILES string of the molecule is CC1CCNCC1NC(=O)c1cc(Cl)sc1Cl.Cl. The van der Waals surface area contributed by atoms with E-state index in [-0.39, 0.29) is 24.4 Å². The van der Waals surface area contributed by atoms with Gasteiger partial charge in [-0.2, -0.15) is 0 Å². The molecule has 1 saturated heterocycles. The molecule has 0 saturated carbocycles. The van der Waals surface area contributed by atoms with E-state index in [1.165, 1.54) is 11.3 Å². The van der Waals surface area contributed by atoms with E-state index in [1.54, 1.807) is 6.07 Å². The van der Waals surface area contributed by atoms with Gasteiger partial charge in [-0.3, -0.25) is 4.79 Å². The van der Waals surface area contributed by atoms with Crippen LogP contribution in [0.3, 0.4) is 0 Å². The number of hydrogen-bond donors (Lipinski definition) is 2. The van der Waals surface area contributed by atoms with Gasteiger partial charge >= 0.3 is 0 Å². The van der Waals surface area contributed by atoms with Crippen molar-refractivity contribution in [2.75, 3.05) is 13.1 Å². The highest BCUT2D eigenvalue weighted by molar-refractivity contribution is 7.20. The second-order valence-corrected chi connectivity index (χ2v) is 6.57. The molecule has 7 heteroatoms. The third-order valence-electron chi connectivity index (χ3n) is 3.05.